The van der Waals surface area contributed by atoms with Gasteiger partial charge in [-0.25, -0.2) is 9.37 Å². The van der Waals surface area contributed by atoms with E-state index in [0.717, 1.165) is 18.4 Å². The van der Waals surface area contributed by atoms with Crippen LogP contribution in [0.1, 0.15) is 42.7 Å². The zero-order valence-corrected chi connectivity index (χ0v) is 16.8. The first-order valence-electron chi connectivity index (χ1n) is 8.62. The highest BCUT2D eigenvalue weighted by molar-refractivity contribution is 9.10. The largest absolute Gasteiger partial charge is 0.375 e. The van der Waals surface area contributed by atoms with Crippen molar-refractivity contribution in [3.63, 3.8) is 0 Å². The molecule has 1 aromatic heterocycles. The molecule has 0 spiro atoms. The Bertz CT molecular complexity index is 806. The summed E-state index contributed by atoms with van der Waals surface area (Å²) in [5.74, 6) is -0.433. The normalized spacial score (nSPS) is 19.3. The second kappa shape index (κ2) is 7.48. The van der Waals surface area contributed by atoms with Crippen molar-refractivity contribution in [3.05, 3.63) is 52.3 Å². The first-order chi connectivity index (χ1) is 12.2. The van der Waals surface area contributed by atoms with Crippen LogP contribution in [0.4, 0.5) is 4.39 Å². The van der Waals surface area contributed by atoms with Crippen molar-refractivity contribution < 1.29 is 13.9 Å². The number of aryl methyl sites for hydroxylation is 1. The smallest absolute Gasteiger partial charge is 0.274 e. The molecule has 26 heavy (non-hydrogen) atoms. The number of halogens is 2. The van der Waals surface area contributed by atoms with Gasteiger partial charge in [0, 0.05) is 32.4 Å². The molecule has 1 amide bonds. The van der Waals surface area contributed by atoms with E-state index in [2.05, 4.69) is 20.9 Å². The van der Waals surface area contributed by atoms with E-state index in [4.69, 9.17) is 4.74 Å². The highest BCUT2D eigenvalue weighted by atomic mass is 79.9. The van der Waals surface area contributed by atoms with Crippen molar-refractivity contribution in [1.29, 1.82) is 0 Å². The molecule has 0 N–H and O–H groups in total. The molecule has 140 valence electrons. The number of amides is 1. The van der Waals surface area contributed by atoms with E-state index in [-0.39, 0.29) is 23.4 Å². The van der Waals surface area contributed by atoms with Gasteiger partial charge in [0.1, 0.15) is 11.5 Å². The number of carbonyl (C=O) groups excluding carboxylic acids is 1. The summed E-state index contributed by atoms with van der Waals surface area (Å²) < 4.78 is 21.5. The van der Waals surface area contributed by atoms with Crippen molar-refractivity contribution in [2.45, 2.75) is 44.9 Å². The number of benzene rings is 1. The molecule has 0 saturated carbocycles. The Balaban J connectivity index is 1.90. The van der Waals surface area contributed by atoms with Gasteiger partial charge in [0.25, 0.3) is 5.91 Å². The highest BCUT2D eigenvalue weighted by Gasteiger charge is 2.35. The lowest BCUT2D eigenvalue weighted by atomic mass is 9.92. The Hall–Kier alpha value is -1.73. The van der Waals surface area contributed by atoms with Gasteiger partial charge in [-0.05, 0) is 60.3 Å². The summed E-state index contributed by atoms with van der Waals surface area (Å²) in [4.78, 5) is 19.2. The van der Waals surface area contributed by atoms with Gasteiger partial charge in [-0.2, -0.15) is 0 Å². The zero-order chi connectivity index (χ0) is 18.9. The van der Waals surface area contributed by atoms with Gasteiger partial charge in [0.15, 0.2) is 0 Å². The van der Waals surface area contributed by atoms with Crippen LogP contribution in [0.5, 0.6) is 0 Å². The van der Waals surface area contributed by atoms with Gasteiger partial charge in [0.05, 0.1) is 16.4 Å². The molecule has 1 unspecified atom stereocenters. The van der Waals surface area contributed by atoms with Crippen LogP contribution in [0.2, 0.25) is 0 Å². The minimum absolute atomic E-state index is 0.0390. The molecule has 1 saturated heterocycles. The molecule has 1 fully saturated rings. The van der Waals surface area contributed by atoms with Crippen LogP contribution in [-0.2, 0) is 18.3 Å². The van der Waals surface area contributed by atoms with E-state index < -0.39 is 0 Å². The summed E-state index contributed by atoms with van der Waals surface area (Å²) in [6, 6.07) is 4.88. The van der Waals surface area contributed by atoms with Crippen LogP contribution in [0, 0.1) is 5.82 Å². The Morgan fingerprint density at radius 3 is 2.88 bits per heavy atom. The predicted octanol–water partition coefficient (Wildman–Crippen LogP) is 3.92. The van der Waals surface area contributed by atoms with Gasteiger partial charge in [0.2, 0.25) is 0 Å². The van der Waals surface area contributed by atoms with Gasteiger partial charge in [-0.3, -0.25) is 4.79 Å². The lowest BCUT2D eigenvalue weighted by Crippen LogP contribution is -2.48. The fourth-order valence-electron chi connectivity index (χ4n) is 3.34. The number of imidazole rings is 1. The number of aromatic nitrogens is 2. The monoisotopic (exact) mass is 423 g/mol. The van der Waals surface area contributed by atoms with Crippen molar-refractivity contribution >= 4 is 21.8 Å². The maximum Gasteiger partial charge on any atom is 0.274 e. The molecule has 2 heterocycles. The lowest BCUT2D eigenvalue weighted by Gasteiger charge is -2.41. The summed E-state index contributed by atoms with van der Waals surface area (Å²) in [7, 11) is 1.84. The number of carbonyl (C=O) groups is 1. The molecule has 1 aliphatic rings. The van der Waals surface area contributed by atoms with E-state index >= 15 is 0 Å². The summed E-state index contributed by atoms with van der Waals surface area (Å²) in [5, 5.41) is 0. The van der Waals surface area contributed by atoms with Gasteiger partial charge >= 0.3 is 0 Å². The molecule has 0 bridgehead atoms. The summed E-state index contributed by atoms with van der Waals surface area (Å²) in [6.07, 6.45) is 4.85. The number of rotatable bonds is 4. The van der Waals surface area contributed by atoms with Gasteiger partial charge in [-0.1, -0.05) is 6.07 Å². The Kier molecular flexibility index (Phi) is 5.48. The molecule has 5 nitrogen and oxygen atoms in total. The molecule has 1 atom stereocenters. The van der Waals surface area contributed by atoms with Gasteiger partial charge < -0.3 is 14.2 Å². The number of nitrogens with zero attached hydrogens (tertiary/aromatic N) is 3. The van der Waals surface area contributed by atoms with Crippen LogP contribution in [0.15, 0.2) is 35.2 Å². The van der Waals surface area contributed by atoms with Gasteiger partial charge in [-0.15, -0.1) is 0 Å². The first-order valence-corrected chi connectivity index (χ1v) is 9.41. The average Bonchev–Trinajstić information content (AvgIpc) is 3.01. The van der Waals surface area contributed by atoms with Crippen LogP contribution in [-0.4, -0.2) is 38.6 Å². The maximum absolute atomic E-state index is 13.6. The third kappa shape index (κ3) is 4.32. The molecule has 0 radical (unpaired) electrons. The molecule has 3 rings (SSSR count). The number of hydrogen-bond acceptors (Lipinski definition) is 3. The summed E-state index contributed by atoms with van der Waals surface area (Å²) in [5.41, 5.74) is 0.999. The van der Waals surface area contributed by atoms with E-state index in [0.29, 0.717) is 23.3 Å². The molecule has 2 aromatic rings. The molecule has 1 aliphatic heterocycles. The van der Waals surface area contributed by atoms with Crippen LogP contribution < -0.4 is 0 Å². The molecule has 1 aromatic carbocycles. The third-order valence-electron chi connectivity index (χ3n) is 4.63. The van der Waals surface area contributed by atoms with E-state index in [1.165, 1.54) is 6.07 Å². The molecule has 0 aliphatic carbocycles. The summed E-state index contributed by atoms with van der Waals surface area (Å²) >= 11 is 3.22. The van der Waals surface area contributed by atoms with Crippen molar-refractivity contribution in [2.75, 3.05) is 6.61 Å². The van der Waals surface area contributed by atoms with Crippen LogP contribution in [0.25, 0.3) is 0 Å². The van der Waals surface area contributed by atoms with Crippen molar-refractivity contribution in [1.82, 2.24) is 14.5 Å². The second-order valence-electron chi connectivity index (χ2n) is 7.36. The minimum atomic E-state index is -0.316. The minimum Gasteiger partial charge on any atom is -0.375 e. The second-order valence-corrected chi connectivity index (χ2v) is 8.22. The van der Waals surface area contributed by atoms with Crippen LogP contribution in [0.3, 0.4) is 0 Å². The standard InChI is InChI=1S/C19H23BrFN3O2/c1-19(2)9-14(6-7-26-19)24(18(25)17-11-23(3)12-22-17)10-13-4-5-16(21)15(20)8-13/h4-5,8,11-12,14H,6-7,9-10H2,1-3H3. The SMILES string of the molecule is Cn1cnc(C(=O)N(Cc2ccc(F)c(Br)c2)C2CCOC(C)(C)C2)c1. The maximum atomic E-state index is 13.6. The van der Waals surface area contributed by atoms with Crippen LogP contribution >= 0.6 is 15.9 Å². The van der Waals surface area contributed by atoms with Crippen molar-refractivity contribution in [2.24, 2.45) is 7.05 Å². The zero-order valence-electron chi connectivity index (χ0n) is 15.2. The Morgan fingerprint density at radius 1 is 1.50 bits per heavy atom. The molecular formula is C19H23BrFN3O2. The molecular weight excluding hydrogens is 401 g/mol. The third-order valence-corrected chi connectivity index (χ3v) is 5.24. The number of ether oxygens (including phenoxy) is 1. The average molecular weight is 424 g/mol. The van der Waals surface area contributed by atoms with E-state index in [9.17, 15) is 9.18 Å². The Labute approximate surface area is 161 Å². The highest BCUT2D eigenvalue weighted by Crippen LogP contribution is 2.30. The quantitative estimate of drug-likeness (QED) is 0.748. The van der Waals surface area contributed by atoms with E-state index in [1.54, 1.807) is 29.2 Å². The van der Waals surface area contributed by atoms with E-state index in [1.807, 2.05) is 25.8 Å². The number of hydrogen-bond donors (Lipinski definition) is 0. The summed E-state index contributed by atoms with van der Waals surface area (Å²) in [6.45, 7) is 5.08. The molecule has 7 heteroatoms. The fraction of sp³-hybridized carbons (Fsp3) is 0.474. The predicted molar refractivity (Wildman–Crippen MR) is 100 cm³/mol. The Morgan fingerprint density at radius 2 is 2.27 bits per heavy atom. The topological polar surface area (TPSA) is 47.4 Å². The first kappa shape index (κ1) is 19.0. The lowest BCUT2D eigenvalue weighted by molar-refractivity contribution is -0.0792. The fourth-order valence-corrected chi connectivity index (χ4v) is 3.76. The van der Waals surface area contributed by atoms with Crippen molar-refractivity contribution in [3.8, 4) is 0 Å².